The fourth-order valence-electron chi connectivity index (χ4n) is 3.64. The summed E-state index contributed by atoms with van der Waals surface area (Å²) in [5, 5.41) is 0.0400. The number of nitrogens with one attached hydrogen (secondary N) is 1. The van der Waals surface area contributed by atoms with Gasteiger partial charge in [0, 0.05) is 35.9 Å². The van der Waals surface area contributed by atoms with E-state index in [-0.39, 0.29) is 22.6 Å². The Morgan fingerprint density at radius 3 is 1.70 bits per heavy atom. The first kappa shape index (κ1) is 26.4. The van der Waals surface area contributed by atoms with Crippen LogP contribution in [0.2, 0.25) is 5.28 Å². The highest BCUT2D eigenvalue weighted by Crippen LogP contribution is 2.41. The lowest BCUT2D eigenvalue weighted by Gasteiger charge is -2.06. The van der Waals surface area contributed by atoms with Crippen LogP contribution in [0.15, 0.2) is 49.3 Å². The molecule has 0 amide bonds. The molecular weight excluding hydrogens is 502 g/mol. The maximum Gasteiger partial charge on any atom is 0.237 e. The van der Waals surface area contributed by atoms with Crippen LogP contribution in [0.5, 0.6) is 0 Å². The normalized spacial score (nSPS) is 14.1. The summed E-state index contributed by atoms with van der Waals surface area (Å²) in [7, 11) is 0. The van der Waals surface area contributed by atoms with E-state index in [9.17, 15) is 8.78 Å². The van der Waals surface area contributed by atoms with E-state index >= 15 is 0 Å². The van der Waals surface area contributed by atoms with Crippen molar-refractivity contribution in [1.29, 1.82) is 0 Å². The monoisotopic (exact) mass is 526 g/mol. The first-order valence-electron chi connectivity index (χ1n) is 11.4. The van der Waals surface area contributed by atoms with Crippen LogP contribution in [0.4, 0.5) is 14.7 Å². The maximum absolute atomic E-state index is 13.7. The summed E-state index contributed by atoms with van der Waals surface area (Å²) in [6, 6.07) is 3.85. The zero-order valence-electron chi connectivity index (χ0n) is 19.7. The van der Waals surface area contributed by atoms with Gasteiger partial charge in [0.2, 0.25) is 11.2 Å². The van der Waals surface area contributed by atoms with Crippen molar-refractivity contribution in [2.75, 3.05) is 5.43 Å². The second-order valence-corrected chi connectivity index (χ2v) is 8.77. The van der Waals surface area contributed by atoms with Crippen LogP contribution in [0.3, 0.4) is 0 Å². The smallest absolute Gasteiger partial charge is 0.237 e. The Kier molecular flexibility index (Phi) is 8.56. The lowest BCUT2D eigenvalue weighted by molar-refractivity contribution is 0.618. The molecule has 0 saturated heterocycles. The number of hydrazine groups is 2. The van der Waals surface area contributed by atoms with Gasteiger partial charge in [-0.3, -0.25) is 27.1 Å². The summed E-state index contributed by atoms with van der Waals surface area (Å²) in [5.41, 5.74) is 6.29. The van der Waals surface area contributed by atoms with Gasteiger partial charge in [0.15, 0.2) is 11.6 Å². The molecule has 4 heterocycles. The molecule has 0 unspecified atom stereocenters. The van der Waals surface area contributed by atoms with E-state index in [4.69, 9.17) is 17.4 Å². The summed E-state index contributed by atoms with van der Waals surface area (Å²) in [6.07, 6.45) is 13.7. The molecule has 0 atom stereocenters. The molecule has 0 radical (unpaired) electrons. The van der Waals surface area contributed by atoms with Gasteiger partial charge in [-0.25, -0.2) is 34.6 Å². The molecule has 0 spiro atoms. The minimum absolute atomic E-state index is 0.0400. The molecule has 2 aliphatic rings. The number of hydrogen-bond donors (Lipinski definition) is 4. The molecule has 10 nitrogen and oxygen atoms in total. The Balaban J connectivity index is 0.000000162. The molecule has 2 saturated carbocycles. The molecule has 7 N–H and O–H groups in total. The van der Waals surface area contributed by atoms with Crippen molar-refractivity contribution in [2.24, 2.45) is 17.5 Å². The van der Waals surface area contributed by atoms with Gasteiger partial charge in [-0.15, -0.1) is 0 Å². The van der Waals surface area contributed by atoms with Gasteiger partial charge >= 0.3 is 0 Å². The molecule has 6 rings (SSSR count). The number of hydrogen-bond acceptors (Lipinski definition) is 10. The van der Waals surface area contributed by atoms with Crippen molar-refractivity contribution in [3.05, 3.63) is 77.4 Å². The van der Waals surface area contributed by atoms with Gasteiger partial charge in [0.05, 0.1) is 12.4 Å². The average Bonchev–Trinajstić information content (AvgIpc) is 3.85. The minimum atomic E-state index is -0.483. The fraction of sp³-hybridized carbons (Fsp3) is 0.250. The SMILES string of the molecule is Fc1cnc(Cl)nc1-c1cncc(C2CC2)c1.NN.NNc1ncc(F)c(-c2cncc(C3CC3)c2)n1. The topological polar surface area (TPSA) is 167 Å². The predicted octanol–water partition coefficient (Wildman–Crippen LogP) is 3.87. The number of anilines is 1. The third-order valence-corrected chi connectivity index (χ3v) is 5.93. The second-order valence-electron chi connectivity index (χ2n) is 8.43. The van der Waals surface area contributed by atoms with Crippen LogP contribution < -0.4 is 23.0 Å². The van der Waals surface area contributed by atoms with Crippen molar-refractivity contribution in [3.63, 3.8) is 0 Å². The summed E-state index contributed by atoms with van der Waals surface area (Å²) in [5.74, 6) is 13.6. The van der Waals surface area contributed by atoms with Crippen LogP contribution in [-0.2, 0) is 0 Å². The van der Waals surface area contributed by atoms with E-state index < -0.39 is 11.6 Å². The van der Waals surface area contributed by atoms with Crippen molar-refractivity contribution in [3.8, 4) is 22.5 Å². The molecule has 4 aromatic rings. The molecule has 0 aromatic carbocycles. The zero-order chi connectivity index (χ0) is 26.4. The van der Waals surface area contributed by atoms with Gasteiger partial charge in [-0.05, 0) is 72.4 Å². The van der Waals surface area contributed by atoms with Crippen molar-refractivity contribution >= 4 is 17.5 Å². The number of pyridine rings is 2. The number of nitrogen functional groups attached to an aromatic ring is 1. The molecule has 2 aliphatic carbocycles. The maximum atomic E-state index is 13.7. The first-order chi connectivity index (χ1) is 18.0. The van der Waals surface area contributed by atoms with E-state index in [2.05, 4.69) is 47.0 Å². The summed E-state index contributed by atoms with van der Waals surface area (Å²) in [4.78, 5) is 23.5. The Morgan fingerprint density at radius 2 is 1.22 bits per heavy atom. The number of aromatic nitrogens is 6. The first-order valence-corrected chi connectivity index (χ1v) is 11.8. The Morgan fingerprint density at radius 1 is 0.730 bits per heavy atom. The van der Waals surface area contributed by atoms with E-state index in [1.165, 1.54) is 25.7 Å². The van der Waals surface area contributed by atoms with Crippen LogP contribution in [0.1, 0.15) is 48.6 Å². The standard InChI is InChI=1S/C12H9ClFN3.C12H12FN5.H4N2/c13-12-16-6-10(14)11(17-12)9-3-8(4-15-5-9)7-1-2-7;13-10-6-16-12(18-14)17-11(10)9-3-8(4-15-5-9)7-1-2-7;1-2/h3-7H,1-2H2;3-7H,1-2,14H2,(H,16,17,18);1-2H2. The van der Waals surface area contributed by atoms with Crippen molar-refractivity contribution in [1.82, 2.24) is 29.9 Å². The minimum Gasteiger partial charge on any atom is -0.292 e. The lowest BCUT2D eigenvalue weighted by Crippen LogP contribution is -2.11. The van der Waals surface area contributed by atoms with E-state index in [1.54, 1.807) is 12.4 Å². The van der Waals surface area contributed by atoms with Crippen LogP contribution in [0.25, 0.3) is 22.5 Å². The average molecular weight is 527 g/mol. The molecule has 37 heavy (non-hydrogen) atoms. The Bertz CT molecular complexity index is 1370. The number of rotatable bonds is 5. The highest BCUT2D eigenvalue weighted by Gasteiger charge is 2.25. The summed E-state index contributed by atoms with van der Waals surface area (Å²) < 4.78 is 27.3. The van der Waals surface area contributed by atoms with E-state index in [0.717, 1.165) is 23.5 Å². The van der Waals surface area contributed by atoms with Gasteiger partial charge in [-0.2, -0.15) is 0 Å². The third-order valence-electron chi connectivity index (χ3n) is 5.75. The molecule has 0 bridgehead atoms. The van der Waals surface area contributed by atoms with Gasteiger partial charge in [0.25, 0.3) is 0 Å². The number of nitrogens with two attached hydrogens (primary N) is 3. The fourth-order valence-corrected chi connectivity index (χ4v) is 3.77. The zero-order valence-corrected chi connectivity index (χ0v) is 20.4. The highest BCUT2D eigenvalue weighted by atomic mass is 35.5. The molecule has 4 aromatic heterocycles. The number of halogens is 3. The Hall–Kier alpha value is -3.71. The highest BCUT2D eigenvalue weighted by molar-refractivity contribution is 6.28. The third kappa shape index (κ3) is 6.74. The summed E-state index contributed by atoms with van der Waals surface area (Å²) >= 11 is 5.67. The predicted molar refractivity (Wildman–Crippen MR) is 136 cm³/mol. The number of nitrogens with zero attached hydrogens (tertiary/aromatic N) is 6. The van der Waals surface area contributed by atoms with E-state index in [0.29, 0.717) is 23.0 Å². The molecule has 192 valence electrons. The van der Waals surface area contributed by atoms with Crippen LogP contribution >= 0.6 is 11.6 Å². The second kappa shape index (κ2) is 12.0. The molecule has 0 aliphatic heterocycles. The summed E-state index contributed by atoms with van der Waals surface area (Å²) in [6.45, 7) is 0. The van der Waals surface area contributed by atoms with Crippen LogP contribution in [0, 0.1) is 11.6 Å². The van der Waals surface area contributed by atoms with Gasteiger partial charge < -0.3 is 0 Å². The van der Waals surface area contributed by atoms with E-state index in [1.807, 2.05) is 24.5 Å². The van der Waals surface area contributed by atoms with Gasteiger partial charge in [0.1, 0.15) is 11.4 Å². The quantitative estimate of drug-likeness (QED) is 0.170. The van der Waals surface area contributed by atoms with Crippen molar-refractivity contribution in [2.45, 2.75) is 37.5 Å². The van der Waals surface area contributed by atoms with Crippen molar-refractivity contribution < 1.29 is 8.78 Å². The molecule has 2 fully saturated rings. The lowest BCUT2D eigenvalue weighted by atomic mass is 10.1. The molecule has 13 heteroatoms. The Labute approximate surface area is 216 Å². The largest absolute Gasteiger partial charge is 0.292 e. The van der Waals surface area contributed by atoms with Crippen LogP contribution in [-0.4, -0.2) is 29.9 Å². The van der Waals surface area contributed by atoms with Gasteiger partial charge in [-0.1, -0.05) is 0 Å². The molecular formula is C24H25ClF2N10.